The lowest BCUT2D eigenvalue weighted by atomic mass is 10.0. The quantitative estimate of drug-likeness (QED) is 0.525. The van der Waals surface area contributed by atoms with E-state index in [1.54, 1.807) is 4.90 Å². The van der Waals surface area contributed by atoms with Crippen LogP contribution in [0.2, 0.25) is 0 Å². The van der Waals surface area contributed by atoms with E-state index in [1.807, 2.05) is 68.8 Å². The summed E-state index contributed by atoms with van der Waals surface area (Å²) in [6.07, 6.45) is 3.50. The van der Waals surface area contributed by atoms with Crippen LogP contribution in [0.3, 0.4) is 0 Å². The Kier molecular flexibility index (Phi) is 7.06. The Labute approximate surface area is 195 Å². The summed E-state index contributed by atoms with van der Waals surface area (Å²) in [5.74, 6) is 0. The molecule has 0 saturated carbocycles. The van der Waals surface area contributed by atoms with E-state index in [0.717, 1.165) is 54.1 Å². The third kappa shape index (κ3) is 5.60. The first kappa shape index (κ1) is 22.6. The summed E-state index contributed by atoms with van der Waals surface area (Å²) in [6.45, 7) is 15.9. The lowest BCUT2D eigenvalue weighted by Gasteiger charge is -2.34. The maximum atomic E-state index is 12.6. The molecule has 0 atom stereocenters. The number of aryl methyl sites for hydroxylation is 2. The van der Waals surface area contributed by atoms with E-state index in [2.05, 4.69) is 19.3 Å². The molecule has 0 unspecified atom stereocenters. The number of imidazole rings is 1. The summed E-state index contributed by atoms with van der Waals surface area (Å²) in [5.41, 5.74) is 6.29. The van der Waals surface area contributed by atoms with Crippen LogP contribution in [0, 0.1) is 20.4 Å². The molecule has 3 aromatic rings. The van der Waals surface area contributed by atoms with Crippen molar-refractivity contribution in [3.63, 3.8) is 0 Å². The second-order valence-corrected chi connectivity index (χ2v) is 8.48. The van der Waals surface area contributed by atoms with Crippen molar-refractivity contribution < 1.29 is 9.53 Å². The monoisotopic (exact) mass is 443 g/mol. The molecular weight excluding hydrogens is 414 g/mol. The predicted molar refractivity (Wildman–Crippen MR) is 127 cm³/mol. The summed E-state index contributed by atoms with van der Waals surface area (Å²) in [6, 6.07) is 13.8. The van der Waals surface area contributed by atoms with Gasteiger partial charge in [0.25, 0.3) is 0 Å². The summed E-state index contributed by atoms with van der Waals surface area (Å²) >= 11 is 0. The average molecular weight is 444 g/mol. The van der Waals surface area contributed by atoms with Gasteiger partial charge in [-0.2, -0.15) is 0 Å². The van der Waals surface area contributed by atoms with Gasteiger partial charge in [0.05, 0.1) is 18.6 Å². The van der Waals surface area contributed by atoms with Crippen LogP contribution >= 0.6 is 0 Å². The van der Waals surface area contributed by atoms with Gasteiger partial charge in [-0.1, -0.05) is 42.5 Å². The van der Waals surface area contributed by atoms with Gasteiger partial charge in [-0.3, -0.25) is 4.90 Å². The number of benzene rings is 2. The van der Waals surface area contributed by atoms with Crippen molar-refractivity contribution in [2.24, 2.45) is 0 Å². The summed E-state index contributed by atoms with van der Waals surface area (Å²) in [7, 11) is 0. The fourth-order valence-corrected chi connectivity index (χ4v) is 4.11. The second-order valence-electron chi connectivity index (χ2n) is 8.48. The minimum absolute atomic E-state index is 0.245. The van der Waals surface area contributed by atoms with Crippen molar-refractivity contribution in [2.75, 3.05) is 26.2 Å². The van der Waals surface area contributed by atoms with Gasteiger partial charge in [0.2, 0.25) is 0 Å². The van der Waals surface area contributed by atoms with Crippen LogP contribution in [0.25, 0.3) is 4.85 Å². The van der Waals surface area contributed by atoms with Gasteiger partial charge >= 0.3 is 6.09 Å². The van der Waals surface area contributed by atoms with Crippen molar-refractivity contribution in [3.8, 4) is 0 Å². The average Bonchev–Trinajstić information content (AvgIpc) is 3.26. The number of hydrogen-bond donors (Lipinski definition) is 0. The Bertz CT molecular complexity index is 1120. The number of hydrogen-bond acceptors (Lipinski definition) is 4. The van der Waals surface area contributed by atoms with Crippen molar-refractivity contribution in [3.05, 3.63) is 94.4 Å². The van der Waals surface area contributed by atoms with E-state index >= 15 is 0 Å². The highest BCUT2D eigenvalue weighted by Gasteiger charge is 2.23. The van der Waals surface area contributed by atoms with E-state index in [4.69, 9.17) is 11.3 Å². The minimum atomic E-state index is -0.245. The molecule has 1 aliphatic heterocycles. The van der Waals surface area contributed by atoms with E-state index in [9.17, 15) is 4.79 Å². The number of amides is 1. The van der Waals surface area contributed by atoms with Crippen molar-refractivity contribution in [1.29, 1.82) is 0 Å². The van der Waals surface area contributed by atoms with Gasteiger partial charge in [0.1, 0.15) is 6.61 Å². The number of ether oxygens (including phenoxy) is 1. The fourth-order valence-electron chi connectivity index (χ4n) is 4.11. The second kappa shape index (κ2) is 10.3. The Hall–Kier alpha value is -3.63. The number of carbonyl (C=O) groups is 1. The smallest absolute Gasteiger partial charge is 0.410 e. The number of nitrogens with zero attached hydrogens (tertiary/aromatic N) is 5. The minimum Gasteiger partial charge on any atom is -0.445 e. The van der Waals surface area contributed by atoms with Crippen molar-refractivity contribution in [1.82, 2.24) is 19.4 Å². The molecule has 1 fully saturated rings. The summed E-state index contributed by atoms with van der Waals surface area (Å²) in [4.78, 5) is 24.5. The molecule has 2 aromatic carbocycles. The highest BCUT2D eigenvalue weighted by molar-refractivity contribution is 5.67. The Morgan fingerprint density at radius 1 is 1.03 bits per heavy atom. The Balaban J connectivity index is 1.27. The molecule has 1 saturated heterocycles. The highest BCUT2D eigenvalue weighted by atomic mass is 16.6. The van der Waals surface area contributed by atoms with Gasteiger partial charge in [-0.25, -0.2) is 14.6 Å². The summed E-state index contributed by atoms with van der Waals surface area (Å²) < 4.78 is 7.75. The normalized spacial score (nSPS) is 14.2. The van der Waals surface area contributed by atoms with Crippen LogP contribution in [-0.2, 0) is 24.4 Å². The molecule has 7 nitrogen and oxygen atoms in total. The first-order valence-corrected chi connectivity index (χ1v) is 11.2. The molecule has 7 heteroatoms. The maximum absolute atomic E-state index is 12.6. The molecule has 4 rings (SSSR count). The Morgan fingerprint density at radius 3 is 2.39 bits per heavy atom. The molecule has 0 aliphatic carbocycles. The molecule has 1 aromatic heterocycles. The largest absolute Gasteiger partial charge is 0.445 e. The first-order valence-electron chi connectivity index (χ1n) is 11.2. The van der Waals surface area contributed by atoms with E-state index in [-0.39, 0.29) is 6.09 Å². The maximum Gasteiger partial charge on any atom is 0.410 e. The zero-order chi connectivity index (χ0) is 23.2. The summed E-state index contributed by atoms with van der Waals surface area (Å²) in [5, 5.41) is 0. The molecular formula is C26H29N5O2. The topological polar surface area (TPSA) is 55.0 Å². The number of carbonyl (C=O) groups excluding carboxylic acids is 1. The molecule has 33 heavy (non-hydrogen) atoms. The van der Waals surface area contributed by atoms with Crippen LogP contribution in [0.4, 0.5) is 10.5 Å². The van der Waals surface area contributed by atoms with Gasteiger partial charge in [0, 0.05) is 45.5 Å². The molecule has 1 aliphatic rings. The zero-order valence-electron chi connectivity index (χ0n) is 19.2. The number of rotatable bonds is 6. The van der Waals surface area contributed by atoms with E-state index in [1.165, 1.54) is 0 Å². The zero-order valence-corrected chi connectivity index (χ0v) is 19.2. The molecule has 0 spiro atoms. The van der Waals surface area contributed by atoms with Crippen LogP contribution in [0.15, 0.2) is 55.0 Å². The van der Waals surface area contributed by atoms with Crippen LogP contribution in [0.1, 0.15) is 27.9 Å². The van der Waals surface area contributed by atoms with Crippen molar-refractivity contribution >= 4 is 11.8 Å². The van der Waals surface area contributed by atoms with Crippen molar-refractivity contribution in [2.45, 2.75) is 33.5 Å². The van der Waals surface area contributed by atoms with E-state index in [0.29, 0.717) is 25.4 Å². The predicted octanol–water partition coefficient (Wildman–Crippen LogP) is 4.55. The van der Waals surface area contributed by atoms with Gasteiger partial charge in [0.15, 0.2) is 5.69 Å². The number of piperazine rings is 1. The van der Waals surface area contributed by atoms with Crippen LogP contribution in [0.5, 0.6) is 0 Å². The van der Waals surface area contributed by atoms with Crippen LogP contribution in [-0.4, -0.2) is 51.6 Å². The standard InChI is InChI=1S/C26H29N5O2/c1-20-5-4-6-21(2)25(20)18-33-26(32)30-13-11-29(12-14-30)17-24-15-28-19-31(24)16-22-7-9-23(27-3)10-8-22/h4-10,15,19H,11-14,16-18H2,1-2H3. The lowest BCUT2D eigenvalue weighted by Crippen LogP contribution is -2.48. The van der Waals surface area contributed by atoms with Gasteiger partial charge < -0.3 is 14.2 Å². The van der Waals surface area contributed by atoms with E-state index < -0.39 is 0 Å². The molecule has 1 amide bonds. The molecule has 0 radical (unpaired) electrons. The number of aromatic nitrogens is 2. The SMILES string of the molecule is [C-]#[N+]c1ccc(Cn2cncc2CN2CCN(C(=O)OCc3c(C)cccc3C)CC2)cc1. The van der Waals surface area contributed by atoms with Gasteiger partial charge in [-0.15, -0.1) is 0 Å². The molecule has 170 valence electrons. The highest BCUT2D eigenvalue weighted by Crippen LogP contribution is 2.17. The van der Waals surface area contributed by atoms with Gasteiger partial charge in [-0.05, 0) is 36.1 Å². The third-order valence-electron chi connectivity index (χ3n) is 6.22. The lowest BCUT2D eigenvalue weighted by molar-refractivity contribution is 0.0693. The first-order chi connectivity index (χ1) is 16.0. The molecule has 0 N–H and O–H groups in total. The third-order valence-corrected chi connectivity index (χ3v) is 6.22. The van der Waals surface area contributed by atoms with Crippen LogP contribution < -0.4 is 0 Å². The molecule has 0 bridgehead atoms. The molecule has 2 heterocycles. The fraction of sp³-hybridized carbons (Fsp3) is 0.346. The Morgan fingerprint density at radius 2 is 1.73 bits per heavy atom.